The zero-order valence-electron chi connectivity index (χ0n) is 11.7. The van der Waals surface area contributed by atoms with Crippen LogP contribution in [0.1, 0.15) is 51.9 Å². The average Bonchev–Trinajstić information content (AvgIpc) is 2.72. The fourth-order valence-electron chi connectivity index (χ4n) is 3.69. The summed E-state index contributed by atoms with van der Waals surface area (Å²) in [5, 5.41) is 0. The van der Waals surface area contributed by atoms with Gasteiger partial charge in [0.05, 0.1) is 5.54 Å². The molecule has 104 valence electrons. The highest BCUT2D eigenvalue weighted by Gasteiger charge is 2.43. The monoisotopic (exact) mass is 253 g/mol. The van der Waals surface area contributed by atoms with Crippen LogP contribution < -0.4 is 11.5 Å². The van der Waals surface area contributed by atoms with E-state index < -0.39 is 5.54 Å². The average molecular weight is 253 g/mol. The molecule has 0 spiro atoms. The van der Waals surface area contributed by atoms with Crippen molar-refractivity contribution >= 4 is 5.91 Å². The Labute approximate surface area is 110 Å². The molecule has 0 saturated heterocycles. The van der Waals surface area contributed by atoms with Gasteiger partial charge < -0.3 is 16.4 Å². The van der Waals surface area contributed by atoms with E-state index in [1.807, 2.05) is 0 Å². The summed E-state index contributed by atoms with van der Waals surface area (Å²) in [6.07, 6.45) is 7.71. The molecule has 2 aliphatic rings. The topological polar surface area (TPSA) is 72.3 Å². The fraction of sp³-hybridized carbons (Fsp3) is 0.929. The predicted octanol–water partition coefficient (Wildman–Crippen LogP) is 1.23. The van der Waals surface area contributed by atoms with Crippen LogP contribution >= 0.6 is 0 Å². The van der Waals surface area contributed by atoms with Crippen LogP contribution in [0.4, 0.5) is 0 Å². The lowest BCUT2D eigenvalue weighted by Gasteiger charge is -2.38. The highest BCUT2D eigenvalue weighted by Crippen LogP contribution is 2.35. The molecule has 4 unspecified atom stereocenters. The quantitative estimate of drug-likeness (QED) is 0.794. The van der Waals surface area contributed by atoms with Crippen LogP contribution in [-0.4, -0.2) is 35.5 Å². The number of hydrogen-bond donors (Lipinski definition) is 2. The molecule has 2 fully saturated rings. The summed E-state index contributed by atoms with van der Waals surface area (Å²) < 4.78 is 0. The lowest BCUT2D eigenvalue weighted by molar-refractivity contribution is -0.123. The van der Waals surface area contributed by atoms with Gasteiger partial charge in [0.15, 0.2) is 0 Å². The van der Waals surface area contributed by atoms with Crippen molar-refractivity contribution in [1.29, 1.82) is 0 Å². The molecule has 2 saturated carbocycles. The highest BCUT2D eigenvalue weighted by molar-refractivity contribution is 5.84. The van der Waals surface area contributed by atoms with E-state index in [0.717, 1.165) is 25.2 Å². The Kier molecular flexibility index (Phi) is 3.97. The van der Waals surface area contributed by atoms with Gasteiger partial charge in [-0.2, -0.15) is 0 Å². The Morgan fingerprint density at radius 2 is 2.00 bits per heavy atom. The Balaban J connectivity index is 1.94. The summed E-state index contributed by atoms with van der Waals surface area (Å²) in [5.41, 5.74) is 10.7. The molecule has 4 nitrogen and oxygen atoms in total. The summed E-state index contributed by atoms with van der Waals surface area (Å²) in [6.45, 7) is 2.34. The van der Waals surface area contributed by atoms with Crippen molar-refractivity contribution in [2.75, 3.05) is 7.05 Å². The molecular weight excluding hydrogens is 226 g/mol. The molecule has 4 heteroatoms. The predicted molar refractivity (Wildman–Crippen MR) is 72.9 cm³/mol. The standard InChI is InChI=1S/C14H27N3O/c1-10-4-3-5-11(8-10)17(2)12-6-7-14(16,9-12)13(15)18/h10-12H,3-9,16H2,1-2H3,(H2,15,18). The van der Waals surface area contributed by atoms with Gasteiger partial charge in [0.1, 0.15) is 0 Å². The van der Waals surface area contributed by atoms with Crippen molar-refractivity contribution in [3.8, 4) is 0 Å². The van der Waals surface area contributed by atoms with Gasteiger partial charge >= 0.3 is 0 Å². The third kappa shape index (κ3) is 2.69. The molecule has 0 aromatic heterocycles. The summed E-state index contributed by atoms with van der Waals surface area (Å²) >= 11 is 0. The number of amides is 1. The number of nitrogens with two attached hydrogens (primary N) is 2. The van der Waals surface area contributed by atoms with Crippen molar-refractivity contribution in [2.24, 2.45) is 17.4 Å². The van der Waals surface area contributed by atoms with Crippen LogP contribution in [0.15, 0.2) is 0 Å². The summed E-state index contributed by atoms with van der Waals surface area (Å²) in [6, 6.07) is 1.09. The molecule has 0 radical (unpaired) electrons. The van der Waals surface area contributed by atoms with Crippen LogP contribution in [0.25, 0.3) is 0 Å². The van der Waals surface area contributed by atoms with Crippen molar-refractivity contribution in [3.63, 3.8) is 0 Å². The molecule has 0 heterocycles. The number of nitrogens with zero attached hydrogens (tertiary/aromatic N) is 1. The Morgan fingerprint density at radius 3 is 2.56 bits per heavy atom. The van der Waals surface area contributed by atoms with Gasteiger partial charge in [-0.1, -0.05) is 19.8 Å². The molecule has 0 bridgehead atoms. The molecule has 0 aliphatic heterocycles. The Bertz CT molecular complexity index is 320. The first-order chi connectivity index (χ1) is 8.42. The number of carbonyl (C=O) groups excluding carboxylic acids is 1. The van der Waals surface area contributed by atoms with Gasteiger partial charge in [0.2, 0.25) is 5.91 Å². The maximum atomic E-state index is 11.4. The van der Waals surface area contributed by atoms with Crippen LogP contribution in [0, 0.1) is 5.92 Å². The van der Waals surface area contributed by atoms with E-state index in [2.05, 4.69) is 18.9 Å². The number of primary amides is 1. The van der Waals surface area contributed by atoms with Crippen molar-refractivity contribution < 1.29 is 4.79 Å². The minimum Gasteiger partial charge on any atom is -0.368 e. The molecule has 0 aromatic rings. The number of hydrogen-bond acceptors (Lipinski definition) is 3. The second-order valence-corrected chi connectivity index (χ2v) is 6.51. The lowest BCUT2D eigenvalue weighted by Crippen LogP contribution is -2.51. The van der Waals surface area contributed by atoms with E-state index in [4.69, 9.17) is 11.5 Å². The SMILES string of the molecule is CC1CCCC(N(C)C2CCC(N)(C(N)=O)C2)C1. The smallest absolute Gasteiger partial charge is 0.237 e. The second kappa shape index (κ2) is 5.17. The summed E-state index contributed by atoms with van der Waals surface area (Å²) in [7, 11) is 2.19. The number of carbonyl (C=O) groups is 1. The maximum Gasteiger partial charge on any atom is 0.237 e. The molecule has 2 rings (SSSR count). The van der Waals surface area contributed by atoms with Gasteiger partial charge in [-0.15, -0.1) is 0 Å². The minimum absolute atomic E-state index is 0.338. The van der Waals surface area contributed by atoms with E-state index in [1.165, 1.54) is 25.7 Å². The fourth-order valence-corrected chi connectivity index (χ4v) is 3.69. The van der Waals surface area contributed by atoms with E-state index in [-0.39, 0.29) is 5.91 Å². The van der Waals surface area contributed by atoms with Gasteiger partial charge in [-0.25, -0.2) is 0 Å². The maximum absolute atomic E-state index is 11.4. The van der Waals surface area contributed by atoms with Crippen LogP contribution in [0.2, 0.25) is 0 Å². The van der Waals surface area contributed by atoms with Crippen molar-refractivity contribution in [3.05, 3.63) is 0 Å². The Morgan fingerprint density at radius 1 is 1.28 bits per heavy atom. The molecule has 2 aliphatic carbocycles. The first kappa shape index (κ1) is 13.8. The van der Waals surface area contributed by atoms with Crippen LogP contribution in [-0.2, 0) is 4.79 Å². The van der Waals surface area contributed by atoms with Gasteiger partial charge in [-0.3, -0.25) is 4.79 Å². The number of rotatable bonds is 3. The van der Waals surface area contributed by atoms with Crippen LogP contribution in [0.5, 0.6) is 0 Å². The van der Waals surface area contributed by atoms with Crippen LogP contribution in [0.3, 0.4) is 0 Å². The minimum atomic E-state index is -0.765. The van der Waals surface area contributed by atoms with Gasteiger partial charge in [-0.05, 0) is 45.1 Å². The lowest BCUT2D eigenvalue weighted by atomic mass is 9.85. The molecule has 18 heavy (non-hydrogen) atoms. The van der Waals surface area contributed by atoms with E-state index >= 15 is 0 Å². The van der Waals surface area contributed by atoms with E-state index in [0.29, 0.717) is 12.1 Å². The summed E-state index contributed by atoms with van der Waals surface area (Å²) in [4.78, 5) is 13.9. The molecular formula is C14H27N3O. The first-order valence-electron chi connectivity index (χ1n) is 7.23. The second-order valence-electron chi connectivity index (χ2n) is 6.51. The van der Waals surface area contributed by atoms with Crippen molar-refractivity contribution in [1.82, 2.24) is 4.90 Å². The molecule has 1 amide bonds. The largest absolute Gasteiger partial charge is 0.368 e. The highest BCUT2D eigenvalue weighted by atomic mass is 16.1. The van der Waals surface area contributed by atoms with Gasteiger partial charge in [0.25, 0.3) is 0 Å². The van der Waals surface area contributed by atoms with Crippen molar-refractivity contribution in [2.45, 2.75) is 69.5 Å². The zero-order chi connectivity index (χ0) is 13.3. The third-order valence-electron chi connectivity index (χ3n) is 5.07. The molecule has 4 atom stereocenters. The summed E-state index contributed by atoms with van der Waals surface area (Å²) in [5.74, 6) is 0.488. The third-order valence-corrected chi connectivity index (χ3v) is 5.07. The zero-order valence-corrected chi connectivity index (χ0v) is 11.7. The van der Waals surface area contributed by atoms with Gasteiger partial charge in [0, 0.05) is 12.1 Å². The normalized spacial score (nSPS) is 41.2. The first-order valence-corrected chi connectivity index (χ1v) is 7.23. The molecule has 0 aromatic carbocycles. The Hall–Kier alpha value is -0.610. The molecule has 4 N–H and O–H groups in total. The van der Waals surface area contributed by atoms with E-state index in [9.17, 15) is 4.79 Å². The van der Waals surface area contributed by atoms with E-state index in [1.54, 1.807) is 0 Å².